The second-order valence-corrected chi connectivity index (χ2v) is 9.18. The number of nitrogens with zero attached hydrogens (tertiary/aromatic N) is 5. The van der Waals surface area contributed by atoms with Gasteiger partial charge in [0.1, 0.15) is 5.75 Å². The highest BCUT2D eigenvalue weighted by Gasteiger charge is 2.20. The Morgan fingerprint density at radius 2 is 1.57 bits per heavy atom. The third kappa shape index (κ3) is 4.83. The molecule has 0 saturated heterocycles. The van der Waals surface area contributed by atoms with Crippen LogP contribution >= 0.6 is 11.8 Å². The van der Waals surface area contributed by atoms with E-state index in [1.807, 2.05) is 60.7 Å². The molecule has 8 heteroatoms. The van der Waals surface area contributed by atoms with Gasteiger partial charge in [0, 0.05) is 11.1 Å². The first-order chi connectivity index (χ1) is 17.1. The lowest BCUT2D eigenvalue weighted by atomic mass is 10.0. The van der Waals surface area contributed by atoms with E-state index >= 15 is 0 Å². The molecule has 0 aliphatic heterocycles. The predicted octanol–water partition coefficient (Wildman–Crippen LogP) is 6.41. The quantitative estimate of drug-likeness (QED) is 0.236. The van der Waals surface area contributed by atoms with Crippen LogP contribution < -0.4 is 4.74 Å². The average molecular weight is 484 g/mol. The molecule has 0 amide bonds. The van der Waals surface area contributed by atoms with Crippen LogP contribution in [0.15, 0.2) is 88.4 Å². The Bertz CT molecular complexity index is 1410. The molecule has 2 aromatic heterocycles. The monoisotopic (exact) mass is 483 g/mol. The van der Waals surface area contributed by atoms with E-state index in [2.05, 4.69) is 57.0 Å². The van der Waals surface area contributed by atoms with Gasteiger partial charge in [-0.2, -0.15) is 0 Å². The molecule has 0 aliphatic rings. The van der Waals surface area contributed by atoms with Gasteiger partial charge in [0.25, 0.3) is 0 Å². The molecule has 0 atom stereocenters. The largest absolute Gasteiger partial charge is 0.497 e. The number of hydrogen-bond donors (Lipinski definition) is 0. The molecule has 0 N–H and O–H groups in total. The average Bonchev–Trinajstić information content (AvgIpc) is 3.55. The van der Waals surface area contributed by atoms with Crippen molar-refractivity contribution in [1.29, 1.82) is 0 Å². The van der Waals surface area contributed by atoms with Crippen molar-refractivity contribution in [2.75, 3.05) is 7.11 Å². The summed E-state index contributed by atoms with van der Waals surface area (Å²) >= 11 is 1.52. The molecule has 35 heavy (non-hydrogen) atoms. The van der Waals surface area contributed by atoms with E-state index in [1.54, 1.807) is 7.11 Å². The number of rotatable bonds is 8. The first kappa shape index (κ1) is 22.9. The fraction of sp³-hybridized carbons (Fsp3) is 0.185. The van der Waals surface area contributed by atoms with Crippen molar-refractivity contribution >= 4 is 11.8 Å². The zero-order valence-electron chi connectivity index (χ0n) is 19.8. The molecule has 3 aromatic carbocycles. The molecule has 0 radical (unpaired) electrons. The topological polar surface area (TPSA) is 78.9 Å². The summed E-state index contributed by atoms with van der Waals surface area (Å²) in [6.45, 7) is 4.37. The molecule has 0 aliphatic carbocycles. The second kappa shape index (κ2) is 10.1. The third-order valence-electron chi connectivity index (χ3n) is 5.59. The molecular weight excluding hydrogens is 458 g/mol. The van der Waals surface area contributed by atoms with Gasteiger partial charge in [0.05, 0.1) is 18.6 Å². The van der Waals surface area contributed by atoms with Crippen molar-refractivity contribution in [3.8, 4) is 34.3 Å². The fourth-order valence-electron chi connectivity index (χ4n) is 3.82. The van der Waals surface area contributed by atoms with Crippen LogP contribution in [0.25, 0.3) is 28.5 Å². The van der Waals surface area contributed by atoms with Gasteiger partial charge in [-0.1, -0.05) is 62.0 Å². The number of ether oxygens (including phenoxy) is 1. The Morgan fingerprint density at radius 3 is 2.31 bits per heavy atom. The van der Waals surface area contributed by atoms with Gasteiger partial charge in [-0.15, -0.1) is 20.4 Å². The summed E-state index contributed by atoms with van der Waals surface area (Å²) in [6.07, 6.45) is 0. The van der Waals surface area contributed by atoms with Crippen LogP contribution in [-0.4, -0.2) is 32.1 Å². The minimum absolute atomic E-state index is 0.333. The van der Waals surface area contributed by atoms with Crippen LogP contribution in [0.1, 0.15) is 31.2 Å². The van der Waals surface area contributed by atoms with Crippen LogP contribution in [-0.2, 0) is 5.75 Å². The molecule has 5 aromatic rings. The molecule has 2 heterocycles. The molecule has 0 bridgehead atoms. The summed E-state index contributed by atoms with van der Waals surface area (Å²) in [7, 11) is 1.66. The zero-order valence-corrected chi connectivity index (χ0v) is 20.6. The highest BCUT2D eigenvalue weighted by atomic mass is 32.2. The molecule has 0 spiro atoms. The van der Waals surface area contributed by atoms with Crippen molar-refractivity contribution < 1.29 is 9.15 Å². The maximum atomic E-state index is 5.90. The number of aromatic nitrogens is 5. The Hall–Kier alpha value is -3.91. The van der Waals surface area contributed by atoms with Crippen LogP contribution in [0.4, 0.5) is 0 Å². The second-order valence-electron chi connectivity index (χ2n) is 8.24. The van der Waals surface area contributed by atoms with Crippen LogP contribution in [0.2, 0.25) is 0 Å². The molecule has 7 nitrogen and oxygen atoms in total. The molecule has 0 saturated carbocycles. The highest BCUT2D eigenvalue weighted by molar-refractivity contribution is 7.98. The summed E-state index contributed by atoms with van der Waals surface area (Å²) in [4.78, 5) is 0. The lowest BCUT2D eigenvalue weighted by Gasteiger charge is -2.16. The number of para-hydroxylation sites is 1. The molecule has 5 rings (SSSR count). The molecular formula is C27H25N5O2S. The molecule has 0 fully saturated rings. The van der Waals surface area contributed by atoms with Crippen molar-refractivity contribution in [1.82, 2.24) is 25.0 Å². The summed E-state index contributed by atoms with van der Waals surface area (Å²) in [5.74, 6) is 3.41. The third-order valence-corrected chi connectivity index (χ3v) is 6.51. The maximum absolute atomic E-state index is 5.90. The van der Waals surface area contributed by atoms with Crippen LogP contribution in [0.3, 0.4) is 0 Å². The smallest absolute Gasteiger partial charge is 0.247 e. The summed E-state index contributed by atoms with van der Waals surface area (Å²) in [5, 5.41) is 18.3. The summed E-state index contributed by atoms with van der Waals surface area (Å²) in [6, 6.07) is 26.0. The molecule has 0 unspecified atom stereocenters. The van der Waals surface area contributed by atoms with Crippen molar-refractivity contribution in [2.24, 2.45) is 0 Å². The first-order valence-electron chi connectivity index (χ1n) is 11.3. The van der Waals surface area contributed by atoms with Crippen molar-refractivity contribution in [2.45, 2.75) is 30.7 Å². The first-order valence-corrected chi connectivity index (χ1v) is 12.3. The summed E-state index contributed by atoms with van der Waals surface area (Å²) in [5.41, 5.74) is 4.12. The van der Waals surface area contributed by atoms with E-state index in [9.17, 15) is 0 Å². The Labute approximate surface area is 208 Å². The molecule has 176 valence electrons. The predicted molar refractivity (Wildman–Crippen MR) is 137 cm³/mol. The van der Waals surface area contributed by atoms with Crippen LogP contribution in [0.5, 0.6) is 5.75 Å². The van der Waals surface area contributed by atoms with E-state index in [0.29, 0.717) is 23.5 Å². The Kier molecular flexibility index (Phi) is 6.63. The van der Waals surface area contributed by atoms with Gasteiger partial charge in [-0.25, -0.2) is 0 Å². The lowest BCUT2D eigenvalue weighted by Crippen LogP contribution is -2.05. The van der Waals surface area contributed by atoms with E-state index in [0.717, 1.165) is 33.5 Å². The van der Waals surface area contributed by atoms with Gasteiger partial charge in [0.15, 0.2) is 11.0 Å². The number of thioether (sulfide) groups is 1. The van der Waals surface area contributed by atoms with Crippen LogP contribution in [0, 0.1) is 0 Å². The lowest BCUT2D eigenvalue weighted by molar-refractivity contribution is 0.415. The van der Waals surface area contributed by atoms with E-state index in [-0.39, 0.29) is 0 Å². The fourth-order valence-corrected chi connectivity index (χ4v) is 4.60. The standard InChI is InChI=1S/C27H25N5O2S/c1-18(2)22-11-7-8-12-23(22)32-25(19-13-15-21(33-3)16-14-19)29-31-27(32)35-17-24-28-30-26(34-24)20-9-5-4-6-10-20/h4-16,18H,17H2,1-3H3. The van der Waals surface area contributed by atoms with E-state index in [4.69, 9.17) is 9.15 Å². The van der Waals surface area contributed by atoms with Crippen molar-refractivity contribution in [3.63, 3.8) is 0 Å². The summed E-state index contributed by atoms with van der Waals surface area (Å²) < 4.78 is 13.3. The van der Waals surface area contributed by atoms with Gasteiger partial charge in [-0.3, -0.25) is 4.57 Å². The minimum Gasteiger partial charge on any atom is -0.497 e. The highest BCUT2D eigenvalue weighted by Crippen LogP contribution is 2.34. The van der Waals surface area contributed by atoms with E-state index in [1.165, 1.54) is 17.3 Å². The maximum Gasteiger partial charge on any atom is 0.247 e. The van der Waals surface area contributed by atoms with E-state index < -0.39 is 0 Å². The van der Waals surface area contributed by atoms with Gasteiger partial charge >= 0.3 is 0 Å². The van der Waals surface area contributed by atoms with Gasteiger partial charge in [0.2, 0.25) is 11.8 Å². The SMILES string of the molecule is COc1ccc(-c2nnc(SCc3nnc(-c4ccccc4)o3)n2-c2ccccc2C(C)C)cc1. The van der Waals surface area contributed by atoms with Gasteiger partial charge < -0.3 is 9.15 Å². The minimum atomic E-state index is 0.333. The van der Waals surface area contributed by atoms with Crippen molar-refractivity contribution in [3.05, 3.63) is 90.3 Å². The number of benzene rings is 3. The van der Waals surface area contributed by atoms with Gasteiger partial charge in [-0.05, 0) is 53.9 Å². The number of hydrogen-bond acceptors (Lipinski definition) is 7. The zero-order chi connectivity index (χ0) is 24.2. The number of methoxy groups -OCH3 is 1. The Balaban J connectivity index is 1.50. The normalized spacial score (nSPS) is 11.2. The Morgan fingerprint density at radius 1 is 0.829 bits per heavy atom.